The maximum absolute atomic E-state index is 12.8. The first-order chi connectivity index (χ1) is 12.6. The molecule has 6 heteroatoms. The molecule has 0 aliphatic rings. The summed E-state index contributed by atoms with van der Waals surface area (Å²) in [6.07, 6.45) is 4.07. The lowest BCUT2D eigenvalue weighted by atomic mass is 9.61. The second-order valence-corrected chi connectivity index (χ2v) is 10.8. The van der Waals surface area contributed by atoms with Crippen molar-refractivity contribution in [3.8, 4) is 0 Å². The van der Waals surface area contributed by atoms with Crippen LogP contribution in [-0.4, -0.2) is 11.9 Å². The minimum atomic E-state index is -0.594. The van der Waals surface area contributed by atoms with E-state index < -0.39 is 17.9 Å². The molecule has 0 aromatic carbocycles. The summed E-state index contributed by atoms with van der Waals surface area (Å²) in [5.41, 5.74) is -0.810. The highest BCUT2D eigenvalue weighted by atomic mass is 17.7. The fourth-order valence-electron chi connectivity index (χ4n) is 3.73. The van der Waals surface area contributed by atoms with Crippen molar-refractivity contribution in [1.82, 2.24) is 0 Å². The molecule has 0 bridgehead atoms. The van der Waals surface area contributed by atoms with Crippen LogP contribution < -0.4 is 0 Å². The molecule has 2 unspecified atom stereocenters. The maximum Gasteiger partial charge on any atom is 0.349 e. The molecule has 0 fully saturated rings. The van der Waals surface area contributed by atoms with Crippen LogP contribution in [0.5, 0.6) is 0 Å². The van der Waals surface area contributed by atoms with E-state index in [2.05, 4.69) is 42.7 Å². The van der Waals surface area contributed by atoms with Gasteiger partial charge in [0, 0.05) is 10.1 Å². The summed E-state index contributed by atoms with van der Waals surface area (Å²) < 4.78 is 0. The van der Waals surface area contributed by atoms with Gasteiger partial charge >= 0.3 is 11.9 Å². The first-order valence-corrected chi connectivity index (χ1v) is 10.4. The van der Waals surface area contributed by atoms with Gasteiger partial charge in [-0.15, -0.1) is 0 Å². The summed E-state index contributed by atoms with van der Waals surface area (Å²) in [4.78, 5) is 33.8. The van der Waals surface area contributed by atoms with Gasteiger partial charge in [-0.05, 0) is 35.0 Å². The molecular weight excluding hydrogens is 360 g/mol. The van der Waals surface area contributed by atoms with Gasteiger partial charge in [-0.1, -0.05) is 82.1 Å². The van der Waals surface area contributed by atoms with E-state index in [1.807, 2.05) is 41.5 Å². The number of carbonyl (C=O) groups excluding carboxylic acids is 2. The first-order valence-electron chi connectivity index (χ1n) is 10.4. The van der Waals surface area contributed by atoms with Crippen molar-refractivity contribution in [3.05, 3.63) is 0 Å². The van der Waals surface area contributed by atoms with Crippen LogP contribution in [0.4, 0.5) is 0 Å². The minimum Gasteiger partial charge on any atom is -0.266 e. The Morgan fingerprint density at radius 2 is 1.43 bits per heavy atom. The van der Waals surface area contributed by atoms with E-state index in [9.17, 15) is 9.59 Å². The molecule has 0 aliphatic carbocycles. The zero-order valence-electron chi connectivity index (χ0n) is 19.6. The van der Waals surface area contributed by atoms with E-state index in [4.69, 9.17) is 4.89 Å². The lowest BCUT2D eigenvalue weighted by Gasteiger charge is -2.42. The summed E-state index contributed by atoms with van der Waals surface area (Å²) >= 11 is 0. The summed E-state index contributed by atoms with van der Waals surface area (Å²) in [5.74, 6) is -0.886. The van der Waals surface area contributed by atoms with E-state index in [0.717, 1.165) is 25.7 Å². The highest BCUT2D eigenvalue weighted by molar-refractivity contribution is 5.73. The van der Waals surface area contributed by atoms with Crippen molar-refractivity contribution in [2.75, 3.05) is 0 Å². The van der Waals surface area contributed by atoms with Gasteiger partial charge < -0.3 is 0 Å². The quantitative estimate of drug-likeness (QED) is 0.233. The normalized spacial score (nSPS) is 15.8. The fourth-order valence-corrected chi connectivity index (χ4v) is 3.73. The first kappa shape index (κ1) is 26.9. The second-order valence-electron chi connectivity index (χ2n) is 10.8. The molecular formula is C22H42O6. The van der Waals surface area contributed by atoms with Gasteiger partial charge in [0.15, 0.2) is 0 Å². The van der Waals surface area contributed by atoms with Gasteiger partial charge in [0.25, 0.3) is 0 Å². The van der Waals surface area contributed by atoms with Gasteiger partial charge in [0.1, 0.15) is 0 Å². The average molecular weight is 403 g/mol. The number of hydrogen-bond acceptors (Lipinski definition) is 6. The zero-order chi connectivity index (χ0) is 22.2. The highest BCUT2D eigenvalue weighted by Gasteiger charge is 2.46. The molecule has 0 N–H and O–H groups in total. The Morgan fingerprint density at radius 1 is 0.893 bits per heavy atom. The summed E-state index contributed by atoms with van der Waals surface area (Å²) in [5, 5.41) is 8.79. The molecule has 28 heavy (non-hydrogen) atoms. The molecule has 6 nitrogen and oxygen atoms in total. The van der Waals surface area contributed by atoms with Crippen LogP contribution in [0.3, 0.4) is 0 Å². The molecule has 0 amide bonds. The SMILES string of the molecule is CCC(C)(CCCC(C)C)C(C(=O)OOOOC(=O)CC(C)(C)C)C(C)(C)C. The second kappa shape index (κ2) is 11.1. The lowest BCUT2D eigenvalue weighted by Crippen LogP contribution is -2.43. The van der Waals surface area contributed by atoms with Gasteiger partial charge in [-0.2, -0.15) is 0 Å². The molecule has 0 spiro atoms. The van der Waals surface area contributed by atoms with Crippen LogP contribution in [0.1, 0.15) is 101 Å². The maximum atomic E-state index is 12.8. The molecule has 0 aromatic heterocycles. The van der Waals surface area contributed by atoms with E-state index in [0.29, 0.717) is 5.92 Å². The fraction of sp³-hybridized carbons (Fsp3) is 0.909. The molecule has 0 rings (SSSR count). The molecule has 0 aromatic rings. The predicted molar refractivity (Wildman–Crippen MR) is 108 cm³/mol. The van der Waals surface area contributed by atoms with Crippen molar-refractivity contribution < 1.29 is 29.4 Å². The predicted octanol–water partition coefficient (Wildman–Crippen LogP) is 6.19. The largest absolute Gasteiger partial charge is 0.349 e. The smallest absolute Gasteiger partial charge is 0.266 e. The van der Waals surface area contributed by atoms with Crippen LogP contribution in [0.25, 0.3) is 0 Å². The highest BCUT2D eigenvalue weighted by Crippen LogP contribution is 2.46. The Hall–Kier alpha value is -1.14. The zero-order valence-corrected chi connectivity index (χ0v) is 19.6. The average Bonchev–Trinajstić information content (AvgIpc) is 2.48. The third kappa shape index (κ3) is 10.4. The van der Waals surface area contributed by atoms with E-state index in [1.165, 1.54) is 0 Å². The molecule has 2 atom stereocenters. The van der Waals surface area contributed by atoms with Gasteiger partial charge in [-0.25, -0.2) is 9.59 Å². The Labute approximate surface area is 171 Å². The van der Waals surface area contributed by atoms with E-state index in [-0.39, 0.29) is 22.7 Å². The third-order valence-corrected chi connectivity index (χ3v) is 5.08. The lowest BCUT2D eigenvalue weighted by molar-refractivity contribution is -0.601. The molecule has 0 radical (unpaired) electrons. The minimum absolute atomic E-state index is 0.151. The number of rotatable bonds is 11. The summed E-state index contributed by atoms with van der Waals surface area (Å²) in [7, 11) is 0. The van der Waals surface area contributed by atoms with Crippen molar-refractivity contribution in [1.29, 1.82) is 0 Å². The van der Waals surface area contributed by atoms with Gasteiger partial charge in [0.2, 0.25) is 0 Å². The molecule has 0 saturated carbocycles. The Kier molecular flexibility index (Phi) is 10.7. The van der Waals surface area contributed by atoms with Crippen LogP contribution >= 0.6 is 0 Å². The molecule has 0 saturated heterocycles. The molecule has 0 aliphatic heterocycles. The van der Waals surface area contributed by atoms with Crippen LogP contribution in [-0.2, 0) is 29.4 Å². The van der Waals surface area contributed by atoms with Crippen LogP contribution in [0, 0.1) is 28.1 Å². The summed E-state index contributed by atoms with van der Waals surface area (Å²) in [6, 6.07) is 0. The Bertz CT molecular complexity index is 486. The Balaban J connectivity index is 4.87. The Morgan fingerprint density at radius 3 is 1.86 bits per heavy atom. The van der Waals surface area contributed by atoms with Crippen molar-refractivity contribution >= 4 is 11.9 Å². The number of hydrogen-bond donors (Lipinski definition) is 0. The van der Waals surface area contributed by atoms with Crippen LogP contribution in [0.15, 0.2) is 0 Å². The number of carbonyl (C=O) groups is 2. The van der Waals surface area contributed by atoms with Crippen molar-refractivity contribution in [3.63, 3.8) is 0 Å². The summed E-state index contributed by atoms with van der Waals surface area (Å²) in [6.45, 7) is 20.3. The molecule has 166 valence electrons. The van der Waals surface area contributed by atoms with E-state index in [1.54, 1.807) is 0 Å². The monoisotopic (exact) mass is 402 g/mol. The van der Waals surface area contributed by atoms with E-state index >= 15 is 0 Å². The van der Waals surface area contributed by atoms with Gasteiger partial charge in [0.05, 0.1) is 12.3 Å². The van der Waals surface area contributed by atoms with Crippen LogP contribution in [0.2, 0.25) is 0 Å². The van der Waals surface area contributed by atoms with Gasteiger partial charge in [-0.3, -0.25) is 9.78 Å². The standard InChI is InChI=1S/C22H42O6/c1-11-22(10,14-12-13-16(2)3)18(21(7,8)9)19(24)26-28-27-25-17(23)15-20(4,5)6/h16,18H,11-15H2,1-10H3. The topological polar surface area (TPSA) is 71.1 Å². The molecule has 0 heterocycles. The van der Waals surface area contributed by atoms with Crippen molar-refractivity contribution in [2.24, 2.45) is 28.1 Å². The third-order valence-electron chi connectivity index (χ3n) is 5.08. The van der Waals surface area contributed by atoms with Crippen molar-refractivity contribution in [2.45, 2.75) is 101 Å².